The fraction of sp³-hybridized carbons (Fsp3) is 0.909. The van der Waals surface area contributed by atoms with Crippen LogP contribution in [0.4, 0.5) is 0 Å². The summed E-state index contributed by atoms with van der Waals surface area (Å²) >= 11 is 0. The van der Waals surface area contributed by atoms with Gasteiger partial charge in [0.2, 0.25) is 5.91 Å². The first-order valence-electron chi connectivity index (χ1n) is 5.93. The Hall–Kier alpha value is -0.610. The Morgan fingerprint density at radius 3 is 3.00 bits per heavy atom. The van der Waals surface area contributed by atoms with E-state index >= 15 is 0 Å². The molecule has 0 aromatic heterocycles. The Morgan fingerprint density at radius 2 is 2.27 bits per heavy atom. The van der Waals surface area contributed by atoms with E-state index in [4.69, 9.17) is 5.73 Å². The molecule has 0 spiro atoms. The first kappa shape index (κ1) is 10.9. The first-order chi connectivity index (χ1) is 7.16. The van der Waals surface area contributed by atoms with Crippen LogP contribution >= 0.6 is 0 Å². The summed E-state index contributed by atoms with van der Waals surface area (Å²) in [5, 5.41) is 0. The summed E-state index contributed by atoms with van der Waals surface area (Å²) in [4.78, 5) is 15.8. The Bertz CT molecular complexity index is 244. The van der Waals surface area contributed by atoms with Crippen molar-refractivity contribution in [2.75, 3.05) is 26.2 Å². The highest BCUT2D eigenvalue weighted by molar-refractivity contribution is 5.73. The third kappa shape index (κ3) is 2.49. The lowest BCUT2D eigenvalue weighted by atomic mass is 10.1. The Labute approximate surface area is 91.4 Å². The van der Waals surface area contributed by atoms with E-state index in [0.29, 0.717) is 12.5 Å². The highest BCUT2D eigenvalue weighted by Crippen LogP contribution is 2.24. The number of nitrogens with zero attached hydrogens (tertiary/aromatic N) is 2. The van der Waals surface area contributed by atoms with Crippen LogP contribution in [0.1, 0.15) is 26.2 Å². The molecule has 15 heavy (non-hydrogen) atoms. The van der Waals surface area contributed by atoms with E-state index in [1.807, 2.05) is 0 Å². The molecule has 0 radical (unpaired) electrons. The van der Waals surface area contributed by atoms with Crippen LogP contribution in [-0.2, 0) is 4.79 Å². The van der Waals surface area contributed by atoms with Crippen molar-refractivity contribution in [2.24, 2.45) is 5.73 Å². The number of fused-ring (bicyclic) bond motifs is 1. The van der Waals surface area contributed by atoms with Crippen LogP contribution in [0.2, 0.25) is 0 Å². The van der Waals surface area contributed by atoms with Crippen LogP contribution < -0.4 is 5.73 Å². The molecule has 0 aromatic carbocycles. The molecule has 2 rings (SSSR count). The van der Waals surface area contributed by atoms with E-state index in [1.54, 1.807) is 0 Å². The average molecular weight is 211 g/mol. The smallest absolute Gasteiger partial charge is 0.218 e. The third-order valence-electron chi connectivity index (χ3n) is 3.71. The van der Waals surface area contributed by atoms with Crippen molar-refractivity contribution in [1.29, 1.82) is 0 Å². The second-order valence-corrected chi connectivity index (χ2v) is 4.85. The molecule has 0 saturated carbocycles. The molecule has 2 unspecified atom stereocenters. The SMILES string of the molecule is CC1CN2CCCC2CN1CCC(N)=O. The quantitative estimate of drug-likeness (QED) is 0.716. The Balaban J connectivity index is 1.86. The molecule has 4 nitrogen and oxygen atoms in total. The third-order valence-corrected chi connectivity index (χ3v) is 3.71. The molecule has 2 N–H and O–H groups in total. The molecule has 4 heteroatoms. The van der Waals surface area contributed by atoms with Gasteiger partial charge in [0.1, 0.15) is 0 Å². The molecular formula is C11H21N3O. The molecule has 0 bridgehead atoms. The lowest BCUT2D eigenvalue weighted by molar-refractivity contribution is -0.118. The van der Waals surface area contributed by atoms with Crippen LogP contribution in [0.15, 0.2) is 0 Å². The summed E-state index contributed by atoms with van der Waals surface area (Å²) in [6.07, 6.45) is 3.15. The van der Waals surface area contributed by atoms with Gasteiger partial charge in [-0.1, -0.05) is 0 Å². The molecule has 0 aliphatic carbocycles. The van der Waals surface area contributed by atoms with E-state index in [0.717, 1.165) is 25.7 Å². The largest absolute Gasteiger partial charge is 0.370 e. The van der Waals surface area contributed by atoms with Gasteiger partial charge in [-0.25, -0.2) is 0 Å². The van der Waals surface area contributed by atoms with Crippen molar-refractivity contribution in [3.63, 3.8) is 0 Å². The minimum atomic E-state index is -0.184. The molecule has 2 heterocycles. The van der Waals surface area contributed by atoms with Crippen molar-refractivity contribution in [2.45, 2.75) is 38.3 Å². The number of carbonyl (C=O) groups is 1. The maximum absolute atomic E-state index is 10.8. The van der Waals surface area contributed by atoms with Gasteiger partial charge in [0, 0.05) is 38.1 Å². The minimum Gasteiger partial charge on any atom is -0.370 e. The van der Waals surface area contributed by atoms with Crippen LogP contribution in [0, 0.1) is 0 Å². The highest BCUT2D eigenvalue weighted by atomic mass is 16.1. The number of carbonyl (C=O) groups excluding carboxylic acids is 1. The van der Waals surface area contributed by atoms with Gasteiger partial charge in [0.25, 0.3) is 0 Å². The molecule has 86 valence electrons. The lowest BCUT2D eigenvalue weighted by Crippen LogP contribution is -2.55. The Morgan fingerprint density at radius 1 is 1.47 bits per heavy atom. The van der Waals surface area contributed by atoms with Crippen molar-refractivity contribution in [3.05, 3.63) is 0 Å². The molecule has 2 aliphatic heterocycles. The molecule has 2 atom stereocenters. The molecule has 2 fully saturated rings. The summed E-state index contributed by atoms with van der Waals surface area (Å²) in [5.41, 5.74) is 5.19. The number of amides is 1. The predicted octanol–water partition coefficient (Wildman–Crippen LogP) is 0.0303. The number of nitrogens with two attached hydrogens (primary N) is 1. The molecule has 2 saturated heterocycles. The summed E-state index contributed by atoms with van der Waals surface area (Å²) in [7, 11) is 0. The van der Waals surface area contributed by atoms with Crippen molar-refractivity contribution >= 4 is 5.91 Å². The van der Waals surface area contributed by atoms with Crippen molar-refractivity contribution in [1.82, 2.24) is 9.80 Å². The average Bonchev–Trinajstić information content (AvgIpc) is 2.60. The summed E-state index contributed by atoms with van der Waals surface area (Å²) in [6, 6.07) is 1.30. The summed E-state index contributed by atoms with van der Waals surface area (Å²) < 4.78 is 0. The molecule has 0 aromatic rings. The number of hydrogen-bond donors (Lipinski definition) is 1. The maximum atomic E-state index is 10.8. The van der Waals surface area contributed by atoms with E-state index < -0.39 is 0 Å². The van der Waals surface area contributed by atoms with Crippen LogP contribution in [0.25, 0.3) is 0 Å². The second kappa shape index (κ2) is 4.49. The summed E-state index contributed by atoms with van der Waals surface area (Å²) in [5.74, 6) is -0.184. The zero-order chi connectivity index (χ0) is 10.8. The van der Waals surface area contributed by atoms with E-state index in [9.17, 15) is 4.79 Å². The van der Waals surface area contributed by atoms with Gasteiger partial charge < -0.3 is 5.73 Å². The normalized spacial score (nSPS) is 32.9. The number of rotatable bonds is 3. The van der Waals surface area contributed by atoms with Gasteiger partial charge in [-0.2, -0.15) is 0 Å². The highest BCUT2D eigenvalue weighted by Gasteiger charge is 2.33. The standard InChI is InChI=1S/C11H21N3O/c1-9-7-14-5-2-3-10(14)8-13(9)6-4-11(12)15/h9-10H,2-8H2,1H3,(H2,12,15). The summed E-state index contributed by atoms with van der Waals surface area (Å²) in [6.45, 7) is 6.62. The van der Waals surface area contributed by atoms with Gasteiger partial charge in [-0.3, -0.25) is 14.6 Å². The molecule has 2 aliphatic rings. The van der Waals surface area contributed by atoms with Crippen molar-refractivity contribution < 1.29 is 4.79 Å². The van der Waals surface area contributed by atoms with Gasteiger partial charge in [-0.15, -0.1) is 0 Å². The monoisotopic (exact) mass is 211 g/mol. The van der Waals surface area contributed by atoms with Gasteiger partial charge in [0.15, 0.2) is 0 Å². The van der Waals surface area contributed by atoms with Gasteiger partial charge in [-0.05, 0) is 26.3 Å². The zero-order valence-electron chi connectivity index (χ0n) is 9.48. The number of primary amides is 1. The second-order valence-electron chi connectivity index (χ2n) is 4.85. The van der Waals surface area contributed by atoms with Gasteiger partial charge >= 0.3 is 0 Å². The van der Waals surface area contributed by atoms with Crippen molar-refractivity contribution in [3.8, 4) is 0 Å². The minimum absolute atomic E-state index is 0.184. The Kier molecular flexibility index (Phi) is 3.26. The maximum Gasteiger partial charge on any atom is 0.218 e. The van der Waals surface area contributed by atoms with Crippen LogP contribution in [0.5, 0.6) is 0 Å². The van der Waals surface area contributed by atoms with Gasteiger partial charge in [0.05, 0.1) is 0 Å². The van der Waals surface area contributed by atoms with E-state index in [1.165, 1.54) is 19.4 Å². The molecular weight excluding hydrogens is 190 g/mol. The fourth-order valence-electron chi connectivity index (χ4n) is 2.81. The number of hydrogen-bond acceptors (Lipinski definition) is 3. The zero-order valence-corrected chi connectivity index (χ0v) is 9.48. The number of piperazine rings is 1. The topological polar surface area (TPSA) is 49.6 Å². The van der Waals surface area contributed by atoms with E-state index in [2.05, 4.69) is 16.7 Å². The lowest BCUT2D eigenvalue weighted by Gasteiger charge is -2.42. The van der Waals surface area contributed by atoms with E-state index in [-0.39, 0.29) is 5.91 Å². The predicted molar refractivity (Wildman–Crippen MR) is 59.4 cm³/mol. The molecule has 1 amide bonds. The van der Waals surface area contributed by atoms with Crippen LogP contribution in [-0.4, -0.2) is 54.0 Å². The first-order valence-corrected chi connectivity index (χ1v) is 5.93. The van der Waals surface area contributed by atoms with Crippen LogP contribution in [0.3, 0.4) is 0 Å². The fourth-order valence-corrected chi connectivity index (χ4v) is 2.81.